The number of hydrogen-bond acceptors (Lipinski definition) is 3. The molecule has 0 bridgehead atoms. The Balaban J connectivity index is 2.52. The summed E-state index contributed by atoms with van der Waals surface area (Å²) in [5.41, 5.74) is -0.792. The highest BCUT2D eigenvalue weighted by Crippen LogP contribution is 2.31. The Morgan fingerprint density at radius 2 is 1.85 bits per heavy atom. The van der Waals surface area contributed by atoms with Crippen molar-refractivity contribution in [1.82, 2.24) is 5.32 Å². The lowest BCUT2D eigenvalue weighted by atomic mass is 9.79. The van der Waals surface area contributed by atoms with Gasteiger partial charge in [0, 0.05) is 26.2 Å². The second-order valence-corrected chi connectivity index (χ2v) is 6.95. The van der Waals surface area contributed by atoms with Gasteiger partial charge in [-0.1, -0.05) is 27.7 Å². The van der Waals surface area contributed by atoms with E-state index in [9.17, 15) is 14.7 Å². The van der Waals surface area contributed by atoms with Gasteiger partial charge in [0.15, 0.2) is 0 Å². The zero-order chi connectivity index (χ0) is 15.4. The number of rotatable bonds is 5. The molecule has 116 valence electrons. The fourth-order valence-electron chi connectivity index (χ4n) is 2.15. The zero-order valence-electron chi connectivity index (χ0n) is 13.0. The molecular weight excluding hydrogens is 258 g/mol. The van der Waals surface area contributed by atoms with Gasteiger partial charge in [-0.25, -0.2) is 0 Å². The smallest absolute Gasteiger partial charge is 0.311 e. The van der Waals surface area contributed by atoms with E-state index in [1.165, 1.54) is 0 Å². The SMILES string of the molecule is CC(CC(=O)NCC1(C(=O)O)CCOCC1)C(C)(C)C. The molecular formula is C15H27NO4. The highest BCUT2D eigenvalue weighted by molar-refractivity contribution is 5.79. The lowest BCUT2D eigenvalue weighted by molar-refractivity contribution is -0.154. The fraction of sp³-hybridized carbons (Fsp3) is 0.867. The highest BCUT2D eigenvalue weighted by Gasteiger charge is 2.40. The number of carboxylic acids is 1. The molecule has 1 amide bonds. The van der Waals surface area contributed by atoms with Crippen LogP contribution in [0.2, 0.25) is 0 Å². The van der Waals surface area contributed by atoms with Gasteiger partial charge in [-0.15, -0.1) is 0 Å². The van der Waals surface area contributed by atoms with Crippen LogP contribution in [0.25, 0.3) is 0 Å². The minimum absolute atomic E-state index is 0.0699. The van der Waals surface area contributed by atoms with Crippen molar-refractivity contribution >= 4 is 11.9 Å². The summed E-state index contributed by atoms with van der Waals surface area (Å²) < 4.78 is 5.21. The largest absolute Gasteiger partial charge is 0.481 e. The Morgan fingerprint density at radius 3 is 2.30 bits per heavy atom. The van der Waals surface area contributed by atoms with Crippen LogP contribution in [0.4, 0.5) is 0 Å². The third-order valence-electron chi connectivity index (χ3n) is 4.50. The average Bonchev–Trinajstić information content (AvgIpc) is 2.36. The van der Waals surface area contributed by atoms with Crippen LogP contribution in [0.5, 0.6) is 0 Å². The number of carbonyl (C=O) groups excluding carboxylic acids is 1. The molecule has 1 unspecified atom stereocenters. The van der Waals surface area contributed by atoms with Crippen LogP contribution >= 0.6 is 0 Å². The van der Waals surface area contributed by atoms with Gasteiger partial charge < -0.3 is 15.2 Å². The Morgan fingerprint density at radius 1 is 1.30 bits per heavy atom. The molecule has 5 heteroatoms. The van der Waals surface area contributed by atoms with Crippen LogP contribution in [-0.2, 0) is 14.3 Å². The van der Waals surface area contributed by atoms with Crippen LogP contribution in [0.3, 0.4) is 0 Å². The molecule has 1 saturated heterocycles. The number of ether oxygens (including phenoxy) is 1. The number of nitrogens with one attached hydrogen (secondary N) is 1. The molecule has 0 radical (unpaired) electrons. The standard InChI is InChI=1S/C15H27NO4/c1-11(14(2,3)4)9-12(17)16-10-15(13(18)19)5-7-20-8-6-15/h11H,5-10H2,1-4H3,(H,16,17)(H,18,19). The van der Waals surface area contributed by atoms with Crippen molar-refractivity contribution in [1.29, 1.82) is 0 Å². The van der Waals surface area contributed by atoms with E-state index in [1.54, 1.807) is 0 Å². The maximum atomic E-state index is 12.0. The van der Waals surface area contributed by atoms with Crippen molar-refractivity contribution in [3.05, 3.63) is 0 Å². The van der Waals surface area contributed by atoms with E-state index in [4.69, 9.17) is 4.74 Å². The molecule has 0 aromatic heterocycles. The number of carbonyl (C=O) groups is 2. The monoisotopic (exact) mass is 285 g/mol. The molecule has 20 heavy (non-hydrogen) atoms. The van der Waals surface area contributed by atoms with Gasteiger partial charge in [0.2, 0.25) is 5.91 Å². The van der Waals surface area contributed by atoms with Crippen molar-refractivity contribution in [2.24, 2.45) is 16.7 Å². The number of hydrogen-bond donors (Lipinski definition) is 2. The van der Waals surface area contributed by atoms with Gasteiger partial charge in [0.25, 0.3) is 0 Å². The minimum atomic E-state index is -0.862. The zero-order valence-corrected chi connectivity index (χ0v) is 13.0. The van der Waals surface area contributed by atoms with Crippen LogP contribution in [0.1, 0.15) is 47.0 Å². The maximum Gasteiger partial charge on any atom is 0.311 e. The summed E-state index contributed by atoms with van der Waals surface area (Å²) in [5.74, 6) is -0.664. The number of amides is 1. The van der Waals surface area contributed by atoms with Crippen molar-refractivity contribution in [2.45, 2.75) is 47.0 Å². The van der Waals surface area contributed by atoms with Gasteiger partial charge in [0.1, 0.15) is 0 Å². The molecule has 1 rings (SSSR count). The summed E-state index contributed by atoms with van der Waals surface area (Å²) in [6.07, 6.45) is 1.34. The highest BCUT2D eigenvalue weighted by atomic mass is 16.5. The van der Waals surface area contributed by atoms with E-state index in [1.807, 2.05) is 6.92 Å². The molecule has 1 heterocycles. The third kappa shape index (κ3) is 4.47. The van der Waals surface area contributed by atoms with Gasteiger partial charge >= 0.3 is 5.97 Å². The average molecular weight is 285 g/mol. The first-order valence-electron chi connectivity index (χ1n) is 7.25. The summed E-state index contributed by atoms with van der Waals surface area (Å²) in [7, 11) is 0. The molecule has 0 aromatic rings. The van der Waals surface area contributed by atoms with Gasteiger partial charge in [-0.05, 0) is 24.2 Å². The first-order valence-corrected chi connectivity index (χ1v) is 7.25. The summed E-state index contributed by atoms with van der Waals surface area (Å²) in [6.45, 7) is 9.43. The maximum absolute atomic E-state index is 12.0. The molecule has 5 nitrogen and oxygen atoms in total. The molecule has 1 aliphatic heterocycles. The fourth-order valence-corrected chi connectivity index (χ4v) is 2.15. The van der Waals surface area contributed by atoms with E-state index < -0.39 is 11.4 Å². The Bertz CT molecular complexity index is 353. The van der Waals surface area contributed by atoms with E-state index in [0.717, 1.165) is 0 Å². The van der Waals surface area contributed by atoms with Crippen LogP contribution in [0.15, 0.2) is 0 Å². The number of aliphatic carboxylic acids is 1. The summed E-state index contributed by atoms with van der Waals surface area (Å²) >= 11 is 0. The normalized spacial score (nSPS) is 20.2. The van der Waals surface area contributed by atoms with Gasteiger partial charge in [0.05, 0.1) is 5.41 Å². The van der Waals surface area contributed by atoms with Crippen molar-refractivity contribution in [3.63, 3.8) is 0 Å². The van der Waals surface area contributed by atoms with E-state index in [-0.39, 0.29) is 23.8 Å². The molecule has 0 aromatic carbocycles. The molecule has 0 saturated carbocycles. The van der Waals surface area contributed by atoms with Crippen LogP contribution in [-0.4, -0.2) is 36.7 Å². The topological polar surface area (TPSA) is 75.6 Å². The summed E-state index contributed by atoms with van der Waals surface area (Å²) in [5, 5.41) is 12.2. The van der Waals surface area contributed by atoms with Crippen molar-refractivity contribution < 1.29 is 19.4 Å². The van der Waals surface area contributed by atoms with Crippen molar-refractivity contribution in [2.75, 3.05) is 19.8 Å². The van der Waals surface area contributed by atoms with Crippen molar-refractivity contribution in [3.8, 4) is 0 Å². The van der Waals surface area contributed by atoms with E-state index in [2.05, 4.69) is 26.1 Å². The molecule has 2 N–H and O–H groups in total. The van der Waals surface area contributed by atoms with E-state index in [0.29, 0.717) is 32.5 Å². The Labute approximate surface area is 121 Å². The van der Waals surface area contributed by atoms with E-state index >= 15 is 0 Å². The lowest BCUT2D eigenvalue weighted by Gasteiger charge is -2.33. The van der Waals surface area contributed by atoms with Crippen LogP contribution in [0, 0.1) is 16.7 Å². The number of carboxylic acid groups (broad SMARTS) is 1. The van der Waals surface area contributed by atoms with Gasteiger partial charge in [-0.3, -0.25) is 9.59 Å². The molecule has 0 aliphatic carbocycles. The van der Waals surface area contributed by atoms with Crippen LogP contribution < -0.4 is 5.32 Å². The molecule has 1 fully saturated rings. The molecule has 1 atom stereocenters. The first-order chi connectivity index (χ1) is 9.17. The van der Waals surface area contributed by atoms with Gasteiger partial charge in [-0.2, -0.15) is 0 Å². The Hall–Kier alpha value is -1.10. The summed E-state index contributed by atoms with van der Waals surface area (Å²) in [4.78, 5) is 23.4. The second-order valence-electron chi connectivity index (χ2n) is 6.95. The first kappa shape index (κ1) is 17.0. The molecule has 0 spiro atoms. The summed E-state index contributed by atoms with van der Waals surface area (Å²) in [6, 6.07) is 0. The molecule has 1 aliphatic rings. The third-order valence-corrected chi connectivity index (χ3v) is 4.50. The Kier molecular flexibility index (Phi) is 5.57. The lowest BCUT2D eigenvalue weighted by Crippen LogP contribution is -2.47. The minimum Gasteiger partial charge on any atom is -0.481 e. The quantitative estimate of drug-likeness (QED) is 0.810. The predicted molar refractivity (Wildman–Crippen MR) is 76.4 cm³/mol. The second kappa shape index (κ2) is 6.57. The predicted octanol–water partition coefficient (Wildman–Crippen LogP) is 2.06.